The normalized spacial score (nSPS) is 18.2. The molecule has 1 aromatic rings. The monoisotopic (exact) mass is 296 g/mol. The molecule has 0 aromatic carbocycles. The highest BCUT2D eigenvalue weighted by molar-refractivity contribution is 5.05. The molecule has 1 aliphatic rings. The molecule has 0 bridgehead atoms. The average molecular weight is 296 g/mol. The highest BCUT2D eigenvalue weighted by Crippen LogP contribution is 2.27. The maximum atomic E-state index is 5.59. The summed E-state index contributed by atoms with van der Waals surface area (Å²) in [4.78, 5) is 1.71. The van der Waals surface area contributed by atoms with Crippen LogP contribution in [-0.4, -0.2) is 45.9 Å². The smallest absolute Gasteiger partial charge is 0.107 e. The van der Waals surface area contributed by atoms with Gasteiger partial charge in [-0.05, 0) is 18.1 Å². The molecule has 3 N–H and O–H groups in total. The second-order valence-corrected chi connectivity index (χ2v) is 6.49. The molecule has 21 heavy (non-hydrogen) atoms. The first kappa shape index (κ1) is 16.5. The molecule has 1 atom stereocenters. The summed E-state index contributed by atoms with van der Waals surface area (Å²) in [5.74, 6) is 2.35. The van der Waals surface area contributed by atoms with E-state index in [1.807, 2.05) is 6.07 Å². The van der Waals surface area contributed by atoms with Gasteiger partial charge >= 0.3 is 0 Å². The van der Waals surface area contributed by atoms with Gasteiger partial charge in [-0.2, -0.15) is 0 Å². The molecule has 4 heteroatoms. The van der Waals surface area contributed by atoms with Crippen molar-refractivity contribution in [3.05, 3.63) is 24.2 Å². The largest absolute Gasteiger partial charge is 0.469 e. The highest BCUT2D eigenvalue weighted by atomic mass is 16.5. The zero-order valence-corrected chi connectivity index (χ0v) is 13.6. The summed E-state index contributed by atoms with van der Waals surface area (Å²) in [7, 11) is 0. The van der Waals surface area contributed by atoms with E-state index in [2.05, 4.69) is 25.2 Å². The predicted molar refractivity (Wildman–Crippen MR) is 83.6 cm³/mol. The molecule has 120 valence electrons. The fourth-order valence-electron chi connectivity index (χ4n) is 3.15. The lowest BCUT2D eigenvalue weighted by molar-refractivity contribution is -0.909. The second-order valence-electron chi connectivity index (χ2n) is 6.49. The van der Waals surface area contributed by atoms with Gasteiger partial charge in [-0.25, -0.2) is 0 Å². The summed E-state index contributed by atoms with van der Waals surface area (Å²) >= 11 is 0. The standard InChI is InChI=1S/C17H30N2O2/c1-15(2)16(17-5-3-12-21-17)6-8-18-7-4-9-19-10-13-20-14-11-19/h3,5,12,15-16,18H,4,6-11,13-14H2,1-2H3/p+2/t16-/m1/s1. The zero-order chi connectivity index (χ0) is 14.9. The number of rotatable bonds is 9. The molecule has 0 aliphatic carbocycles. The number of ether oxygens (including phenoxy) is 1. The third-order valence-electron chi connectivity index (χ3n) is 4.53. The zero-order valence-electron chi connectivity index (χ0n) is 13.6. The number of nitrogens with one attached hydrogen (secondary N) is 1. The summed E-state index contributed by atoms with van der Waals surface area (Å²) < 4.78 is 11.0. The molecule has 0 saturated carbocycles. The quantitative estimate of drug-likeness (QED) is 0.643. The molecule has 4 nitrogen and oxygen atoms in total. The molecule has 0 spiro atoms. The molecule has 0 unspecified atom stereocenters. The van der Waals surface area contributed by atoms with Gasteiger partial charge in [0.1, 0.15) is 18.8 Å². The first-order valence-corrected chi connectivity index (χ1v) is 8.53. The van der Waals surface area contributed by atoms with Crippen LogP contribution in [0.4, 0.5) is 0 Å². The Labute approximate surface area is 128 Å². The van der Waals surface area contributed by atoms with Crippen LogP contribution in [0.3, 0.4) is 0 Å². The fraction of sp³-hybridized carbons (Fsp3) is 0.765. The number of furan rings is 1. The molecule has 0 amide bonds. The molecule has 2 rings (SSSR count). The number of morpholine rings is 1. The van der Waals surface area contributed by atoms with E-state index in [1.54, 1.807) is 11.2 Å². The van der Waals surface area contributed by atoms with Gasteiger partial charge in [-0.3, -0.25) is 0 Å². The van der Waals surface area contributed by atoms with Crippen LogP contribution in [0.5, 0.6) is 0 Å². The molecular weight excluding hydrogens is 264 g/mol. The first-order chi connectivity index (χ1) is 10.3. The Morgan fingerprint density at radius 3 is 2.71 bits per heavy atom. The Bertz CT molecular complexity index is 359. The van der Waals surface area contributed by atoms with E-state index in [9.17, 15) is 0 Å². The van der Waals surface area contributed by atoms with Crippen LogP contribution < -0.4 is 10.2 Å². The van der Waals surface area contributed by atoms with E-state index in [0.717, 1.165) is 19.0 Å². The van der Waals surface area contributed by atoms with Crippen LogP contribution in [0, 0.1) is 5.92 Å². The van der Waals surface area contributed by atoms with Gasteiger partial charge in [-0.1, -0.05) is 13.8 Å². The molecule has 1 aromatic heterocycles. The first-order valence-electron chi connectivity index (χ1n) is 8.53. The van der Waals surface area contributed by atoms with Crippen molar-refractivity contribution in [1.82, 2.24) is 0 Å². The summed E-state index contributed by atoms with van der Waals surface area (Å²) in [6.45, 7) is 12.6. The van der Waals surface area contributed by atoms with Crippen LogP contribution in [0.1, 0.15) is 38.4 Å². The van der Waals surface area contributed by atoms with Crippen molar-refractivity contribution < 1.29 is 19.4 Å². The minimum Gasteiger partial charge on any atom is -0.469 e. The van der Waals surface area contributed by atoms with Gasteiger partial charge in [0.25, 0.3) is 0 Å². The van der Waals surface area contributed by atoms with Gasteiger partial charge in [0.15, 0.2) is 0 Å². The Morgan fingerprint density at radius 2 is 2.05 bits per heavy atom. The average Bonchev–Trinajstić information content (AvgIpc) is 3.01. The van der Waals surface area contributed by atoms with Gasteiger partial charge in [0.05, 0.1) is 39.1 Å². The number of hydrogen-bond donors (Lipinski definition) is 2. The van der Waals surface area contributed by atoms with Crippen LogP contribution in [-0.2, 0) is 4.74 Å². The van der Waals surface area contributed by atoms with Gasteiger partial charge in [0.2, 0.25) is 0 Å². The van der Waals surface area contributed by atoms with E-state index in [-0.39, 0.29) is 0 Å². The Hall–Kier alpha value is -0.840. The van der Waals surface area contributed by atoms with Crippen LogP contribution >= 0.6 is 0 Å². The lowest BCUT2D eigenvalue weighted by Gasteiger charge is -2.23. The minimum absolute atomic E-state index is 0.557. The van der Waals surface area contributed by atoms with Crippen molar-refractivity contribution in [1.29, 1.82) is 0 Å². The van der Waals surface area contributed by atoms with E-state index >= 15 is 0 Å². The summed E-state index contributed by atoms with van der Waals surface area (Å²) in [6, 6.07) is 4.12. The Kier molecular flexibility index (Phi) is 7.27. The number of nitrogens with two attached hydrogens (primary N) is 1. The number of hydrogen-bond acceptors (Lipinski definition) is 2. The second kappa shape index (κ2) is 9.23. The van der Waals surface area contributed by atoms with Crippen molar-refractivity contribution in [2.45, 2.75) is 32.6 Å². The molecular formula is C17H32N2O2+2. The van der Waals surface area contributed by atoms with Crippen molar-refractivity contribution >= 4 is 0 Å². The summed E-state index contributed by atoms with van der Waals surface area (Å²) in [5.41, 5.74) is 0. The van der Waals surface area contributed by atoms with Crippen LogP contribution in [0.2, 0.25) is 0 Å². The van der Waals surface area contributed by atoms with E-state index in [4.69, 9.17) is 9.15 Å². The van der Waals surface area contributed by atoms with Crippen molar-refractivity contribution in [2.75, 3.05) is 45.9 Å². The molecule has 0 radical (unpaired) electrons. The third kappa shape index (κ3) is 5.81. The highest BCUT2D eigenvalue weighted by Gasteiger charge is 2.19. The lowest BCUT2D eigenvalue weighted by Crippen LogP contribution is -3.14. The van der Waals surface area contributed by atoms with Crippen LogP contribution in [0.15, 0.2) is 22.8 Å². The Morgan fingerprint density at radius 1 is 1.24 bits per heavy atom. The van der Waals surface area contributed by atoms with Crippen molar-refractivity contribution in [2.24, 2.45) is 5.92 Å². The predicted octanol–water partition coefficient (Wildman–Crippen LogP) is 0.278. The fourth-order valence-corrected chi connectivity index (χ4v) is 3.15. The molecule has 1 fully saturated rings. The van der Waals surface area contributed by atoms with Gasteiger partial charge < -0.3 is 19.4 Å². The third-order valence-corrected chi connectivity index (χ3v) is 4.53. The molecule has 2 heterocycles. The SMILES string of the molecule is CC(C)[C@@H](CC[NH2+]CCC[NH+]1CCOCC1)c1ccco1. The Balaban J connectivity index is 1.55. The van der Waals surface area contributed by atoms with Crippen molar-refractivity contribution in [3.8, 4) is 0 Å². The van der Waals surface area contributed by atoms with E-state index in [0.29, 0.717) is 11.8 Å². The van der Waals surface area contributed by atoms with Gasteiger partial charge in [0, 0.05) is 18.8 Å². The topological polar surface area (TPSA) is 43.4 Å². The minimum atomic E-state index is 0.557. The van der Waals surface area contributed by atoms with E-state index in [1.165, 1.54) is 45.6 Å². The molecule has 1 saturated heterocycles. The van der Waals surface area contributed by atoms with Crippen LogP contribution in [0.25, 0.3) is 0 Å². The summed E-state index contributed by atoms with van der Waals surface area (Å²) in [5, 5.41) is 2.47. The number of quaternary nitrogens is 2. The lowest BCUT2D eigenvalue weighted by atomic mass is 9.90. The van der Waals surface area contributed by atoms with E-state index < -0.39 is 0 Å². The molecule has 1 aliphatic heterocycles. The maximum absolute atomic E-state index is 5.59. The van der Waals surface area contributed by atoms with Gasteiger partial charge in [-0.15, -0.1) is 0 Å². The van der Waals surface area contributed by atoms with Crippen molar-refractivity contribution in [3.63, 3.8) is 0 Å². The maximum Gasteiger partial charge on any atom is 0.107 e. The summed E-state index contributed by atoms with van der Waals surface area (Å²) in [6.07, 6.45) is 4.30.